The van der Waals surface area contributed by atoms with Crippen molar-refractivity contribution in [1.82, 2.24) is 20.2 Å². The molecule has 1 saturated heterocycles. The Bertz CT molecular complexity index is 576. The number of rotatable bonds is 6. The van der Waals surface area contributed by atoms with Crippen LogP contribution in [-0.2, 0) is 21.3 Å². The molecule has 0 amide bonds. The molecule has 0 spiro atoms. The van der Waals surface area contributed by atoms with Crippen LogP contribution < -0.4 is 10.0 Å². The molecule has 120 valence electrons. The second-order valence-electron chi connectivity index (χ2n) is 5.91. The molecule has 0 bridgehead atoms. The van der Waals surface area contributed by atoms with E-state index in [4.69, 9.17) is 4.74 Å². The molecule has 0 aliphatic carbocycles. The summed E-state index contributed by atoms with van der Waals surface area (Å²) in [6, 6.07) is 0. The van der Waals surface area contributed by atoms with E-state index in [1.807, 2.05) is 6.92 Å². The summed E-state index contributed by atoms with van der Waals surface area (Å²) in [6.45, 7) is 6.14. The predicted octanol–water partition coefficient (Wildman–Crippen LogP) is 0.533. The molecule has 0 unspecified atom stereocenters. The molecular weight excluding hydrogens is 292 g/mol. The Morgan fingerprint density at radius 2 is 2.05 bits per heavy atom. The van der Waals surface area contributed by atoms with Gasteiger partial charge in [-0.05, 0) is 32.2 Å². The second-order valence-corrected chi connectivity index (χ2v) is 7.59. The highest BCUT2D eigenvalue weighted by Crippen LogP contribution is 2.29. The van der Waals surface area contributed by atoms with Crippen molar-refractivity contribution < 1.29 is 13.2 Å². The van der Waals surface area contributed by atoms with Gasteiger partial charge < -0.3 is 10.1 Å². The van der Waals surface area contributed by atoms with Crippen LogP contribution in [-0.4, -0.2) is 45.4 Å². The first-order chi connectivity index (χ1) is 9.88. The van der Waals surface area contributed by atoms with Gasteiger partial charge in [0.2, 0.25) is 0 Å². The first-order valence-corrected chi connectivity index (χ1v) is 8.62. The molecule has 0 aromatic carbocycles. The number of ether oxygens (including phenoxy) is 1. The number of sulfonamides is 1. The number of hydrogen-bond donors (Lipinski definition) is 3. The highest BCUT2D eigenvalue weighted by Gasteiger charge is 2.31. The summed E-state index contributed by atoms with van der Waals surface area (Å²) >= 11 is 0. The number of aryl methyl sites for hydroxylation is 1. The maximum absolute atomic E-state index is 12.5. The molecule has 7 nitrogen and oxygen atoms in total. The van der Waals surface area contributed by atoms with Gasteiger partial charge in [0.05, 0.1) is 0 Å². The van der Waals surface area contributed by atoms with E-state index in [0.717, 1.165) is 18.5 Å². The second kappa shape index (κ2) is 6.43. The first-order valence-electron chi connectivity index (χ1n) is 7.14. The van der Waals surface area contributed by atoms with E-state index in [0.29, 0.717) is 31.9 Å². The summed E-state index contributed by atoms with van der Waals surface area (Å²) in [5.74, 6) is 0. The van der Waals surface area contributed by atoms with Crippen molar-refractivity contribution >= 4 is 10.0 Å². The lowest BCUT2D eigenvalue weighted by Gasteiger charge is -2.33. The van der Waals surface area contributed by atoms with Crippen LogP contribution in [0.4, 0.5) is 0 Å². The van der Waals surface area contributed by atoms with Crippen molar-refractivity contribution in [3.63, 3.8) is 0 Å². The Morgan fingerprint density at radius 1 is 1.38 bits per heavy atom. The molecule has 21 heavy (non-hydrogen) atoms. The molecule has 0 atom stereocenters. The Hall–Kier alpha value is -0.960. The third kappa shape index (κ3) is 3.82. The van der Waals surface area contributed by atoms with Crippen molar-refractivity contribution in [1.29, 1.82) is 0 Å². The zero-order valence-electron chi connectivity index (χ0n) is 12.8. The molecule has 2 rings (SSSR count). The summed E-state index contributed by atoms with van der Waals surface area (Å²) in [5, 5.41) is 9.75. The fourth-order valence-corrected chi connectivity index (χ4v) is 3.81. The van der Waals surface area contributed by atoms with E-state index in [-0.39, 0.29) is 10.4 Å². The van der Waals surface area contributed by atoms with Crippen LogP contribution in [0.3, 0.4) is 0 Å². The summed E-state index contributed by atoms with van der Waals surface area (Å²) in [5.41, 5.74) is 1.39. The lowest BCUT2D eigenvalue weighted by atomic mass is 9.83. The van der Waals surface area contributed by atoms with E-state index < -0.39 is 10.0 Å². The van der Waals surface area contributed by atoms with Gasteiger partial charge in [-0.1, -0.05) is 6.92 Å². The summed E-state index contributed by atoms with van der Waals surface area (Å²) < 4.78 is 33.0. The fourth-order valence-electron chi connectivity index (χ4n) is 2.42. The van der Waals surface area contributed by atoms with Crippen LogP contribution in [0.15, 0.2) is 5.03 Å². The summed E-state index contributed by atoms with van der Waals surface area (Å²) in [7, 11) is -1.83. The van der Waals surface area contributed by atoms with Crippen LogP contribution >= 0.6 is 0 Å². The Balaban J connectivity index is 2.11. The molecule has 8 heteroatoms. The van der Waals surface area contributed by atoms with Gasteiger partial charge in [-0.2, -0.15) is 5.10 Å². The summed E-state index contributed by atoms with van der Waals surface area (Å²) in [6.07, 6.45) is 1.72. The topological polar surface area (TPSA) is 96.1 Å². The van der Waals surface area contributed by atoms with E-state index in [1.165, 1.54) is 0 Å². The lowest BCUT2D eigenvalue weighted by molar-refractivity contribution is 0.0264. The van der Waals surface area contributed by atoms with Gasteiger partial charge in [0.25, 0.3) is 10.0 Å². The van der Waals surface area contributed by atoms with Crippen molar-refractivity contribution in [2.45, 2.75) is 38.3 Å². The lowest BCUT2D eigenvalue weighted by Crippen LogP contribution is -2.39. The highest BCUT2D eigenvalue weighted by atomic mass is 32.2. The number of aromatic nitrogens is 2. The quantitative estimate of drug-likeness (QED) is 0.711. The number of H-pyrrole nitrogens is 1. The normalized spacial score (nSPS) is 18.8. The molecule has 1 aromatic rings. The predicted molar refractivity (Wildman–Crippen MR) is 79.4 cm³/mol. The molecule has 2 heterocycles. The smallest absolute Gasteiger partial charge is 0.260 e. The Kier molecular flexibility index (Phi) is 5.03. The van der Waals surface area contributed by atoms with Crippen molar-refractivity contribution in [2.24, 2.45) is 5.41 Å². The molecule has 1 aliphatic heterocycles. The average molecular weight is 316 g/mol. The third-order valence-electron chi connectivity index (χ3n) is 4.03. The molecule has 1 aromatic heterocycles. The van der Waals surface area contributed by atoms with E-state index >= 15 is 0 Å². The van der Waals surface area contributed by atoms with Crippen LogP contribution in [0.2, 0.25) is 0 Å². The third-order valence-corrected chi connectivity index (χ3v) is 5.40. The molecule has 0 radical (unpaired) electrons. The SMILES string of the molecule is CNCc1c(S(=O)(=O)NCC2(C)CCOCC2)n[nH]c1C. The molecule has 0 saturated carbocycles. The van der Waals surface area contributed by atoms with Crippen LogP contribution in [0.5, 0.6) is 0 Å². The van der Waals surface area contributed by atoms with Crippen molar-refractivity contribution in [3.8, 4) is 0 Å². The van der Waals surface area contributed by atoms with Gasteiger partial charge in [0, 0.05) is 37.6 Å². The maximum atomic E-state index is 12.5. The van der Waals surface area contributed by atoms with Crippen LogP contribution in [0, 0.1) is 12.3 Å². The molecular formula is C13H24N4O3S. The van der Waals surface area contributed by atoms with Gasteiger partial charge in [0.1, 0.15) is 0 Å². The fraction of sp³-hybridized carbons (Fsp3) is 0.769. The minimum Gasteiger partial charge on any atom is -0.381 e. The van der Waals surface area contributed by atoms with Gasteiger partial charge in [-0.3, -0.25) is 5.10 Å². The van der Waals surface area contributed by atoms with Crippen molar-refractivity contribution in [3.05, 3.63) is 11.3 Å². The Labute approximate surface area is 125 Å². The molecule has 3 N–H and O–H groups in total. The minimum atomic E-state index is -3.60. The monoisotopic (exact) mass is 316 g/mol. The van der Waals surface area contributed by atoms with Gasteiger partial charge in [-0.25, -0.2) is 13.1 Å². The maximum Gasteiger partial charge on any atom is 0.260 e. The first kappa shape index (κ1) is 16.4. The number of aromatic amines is 1. The number of nitrogens with one attached hydrogen (secondary N) is 3. The Morgan fingerprint density at radius 3 is 2.67 bits per heavy atom. The van der Waals surface area contributed by atoms with Crippen LogP contribution in [0.1, 0.15) is 31.0 Å². The molecule has 1 fully saturated rings. The zero-order valence-corrected chi connectivity index (χ0v) is 13.6. The largest absolute Gasteiger partial charge is 0.381 e. The van der Waals surface area contributed by atoms with Crippen molar-refractivity contribution in [2.75, 3.05) is 26.8 Å². The average Bonchev–Trinajstić information content (AvgIpc) is 2.81. The zero-order chi connectivity index (χ0) is 15.5. The van der Waals surface area contributed by atoms with Gasteiger partial charge >= 0.3 is 0 Å². The molecule has 1 aliphatic rings. The van der Waals surface area contributed by atoms with E-state index in [9.17, 15) is 8.42 Å². The summed E-state index contributed by atoms with van der Waals surface area (Å²) in [4.78, 5) is 0. The van der Waals surface area contributed by atoms with E-state index in [2.05, 4.69) is 27.2 Å². The number of hydrogen-bond acceptors (Lipinski definition) is 5. The van der Waals surface area contributed by atoms with Gasteiger partial charge in [-0.15, -0.1) is 0 Å². The standard InChI is InChI=1S/C13H24N4O3S/c1-10-11(8-14-3)12(17-16-10)21(18,19)15-9-13(2)4-6-20-7-5-13/h14-15H,4-9H2,1-3H3,(H,16,17). The number of nitrogens with zero attached hydrogens (tertiary/aromatic N) is 1. The van der Waals surface area contributed by atoms with Crippen LogP contribution in [0.25, 0.3) is 0 Å². The van der Waals surface area contributed by atoms with E-state index in [1.54, 1.807) is 7.05 Å². The highest BCUT2D eigenvalue weighted by molar-refractivity contribution is 7.89. The van der Waals surface area contributed by atoms with Gasteiger partial charge in [0.15, 0.2) is 5.03 Å². The minimum absolute atomic E-state index is 0.0557.